The molecule has 0 aliphatic carbocycles. The number of ether oxygens (including phenoxy) is 2. The van der Waals surface area contributed by atoms with Crippen molar-refractivity contribution in [1.29, 1.82) is 0 Å². The molecule has 2 aromatic carbocycles. The Balaban J connectivity index is 1.16. The number of benzene rings is 2. The van der Waals surface area contributed by atoms with Crippen LogP contribution in [-0.2, 0) is 13.0 Å². The predicted molar refractivity (Wildman–Crippen MR) is 117 cm³/mol. The number of carbonyl (C=O) groups is 1. The van der Waals surface area contributed by atoms with E-state index in [0.29, 0.717) is 37.1 Å². The first-order valence-electron chi connectivity index (χ1n) is 11.0. The number of nitrogens with one attached hydrogen (secondary N) is 1. The van der Waals surface area contributed by atoms with Crippen molar-refractivity contribution in [2.45, 2.75) is 32.7 Å². The van der Waals surface area contributed by atoms with Gasteiger partial charge in [-0.25, -0.2) is 4.79 Å². The van der Waals surface area contributed by atoms with Gasteiger partial charge in [-0.1, -0.05) is 35.5 Å². The van der Waals surface area contributed by atoms with E-state index >= 15 is 0 Å². The van der Waals surface area contributed by atoms with E-state index in [0.717, 1.165) is 47.6 Å². The average molecular weight is 434 g/mol. The summed E-state index contributed by atoms with van der Waals surface area (Å²) in [4.78, 5) is 19.2. The van der Waals surface area contributed by atoms with Crippen molar-refractivity contribution < 1.29 is 18.8 Å². The number of hydrogen-bond donors (Lipinski definition) is 1. The number of aryl methyl sites for hydroxylation is 1. The molecule has 2 aliphatic heterocycles. The van der Waals surface area contributed by atoms with E-state index < -0.39 is 0 Å². The van der Waals surface area contributed by atoms with Gasteiger partial charge in [0.2, 0.25) is 18.5 Å². The van der Waals surface area contributed by atoms with E-state index in [2.05, 4.69) is 15.5 Å². The molecule has 1 fully saturated rings. The highest BCUT2D eigenvalue weighted by molar-refractivity contribution is 5.74. The van der Waals surface area contributed by atoms with Crippen LogP contribution in [0.3, 0.4) is 0 Å². The highest BCUT2D eigenvalue weighted by Gasteiger charge is 2.26. The minimum Gasteiger partial charge on any atom is -0.454 e. The van der Waals surface area contributed by atoms with Crippen molar-refractivity contribution in [1.82, 2.24) is 20.4 Å². The summed E-state index contributed by atoms with van der Waals surface area (Å²) in [5.74, 6) is 3.00. The van der Waals surface area contributed by atoms with Crippen LogP contribution < -0.4 is 14.8 Å². The number of rotatable bonds is 5. The van der Waals surface area contributed by atoms with Crippen molar-refractivity contribution in [3.8, 4) is 22.9 Å². The summed E-state index contributed by atoms with van der Waals surface area (Å²) < 4.78 is 16.2. The Labute approximate surface area is 186 Å². The van der Waals surface area contributed by atoms with E-state index in [9.17, 15) is 4.79 Å². The highest BCUT2D eigenvalue weighted by atomic mass is 16.7. The van der Waals surface area contributed by atoms with Gasteiger partial charge in [-0.3, -0.25) is 0 Å². The molecule has 0 saturated carbocycles. The third-order valence-electron chi connectivity index (χ3n) is 6.00. The molecule has 166 valence electrons. The lowest BCUT2D eigenvalue weighted by Gasteiger charge is -2.32. The fraction of sp³-hybridized carbons (Fsp3) is 0.375. The molecule has 2 aliphatic rings. The van der Waals surface area contributed by atoms with Crippen molar-refractivity contribution in [2.75, 3.05) is 19.9 Å². The maximum absolute atomic E-state index is 12.7. The summed E-state index contributed by atoms with van der Waals surface area (Å²) in [6, 6.07) is 13.7. The second-order valence-electron chi connectivity index (χ2n) is 8.33. The average Bonchev–Trinajstić information content (AvgIpc) is 3.47. The predicted octanol–water partition coefficient (Wildman–Crippen LogP) is 3.94. The zero-order valence-corrected chi connectivity index (χ0v) is 18.0. The zero-order chi connectivity index (χ0) is 21.9. The molecule has 1 N–H and O–H groups in total. The number of aromatic nitrogens is 2. The largest absolute Gasteiger partial charge is 0.454 e. The van der Waals surface area contributed by atoms with Crippen LogP contribution in [0.5, 0.6) is 11.5 Å². The summed E-state index contributed by atoms with van der Waals surface area (Å²) in [7, 11) is 0. The molecule has 0 radical (unpaired) electrons. The van der Waals surface area contributed by atoms with Gasteiger partial charge in [0.25, 0.3) is 0 Å². The first-order chi connectivity index (χ1) is 15.7. The first kappa shape index (κ1) is 20.4. The van der Waals surface area contributed by atoms with Crippen molar-refractivity contribution in [3.63, 3.8) is 0 Å². The smallest absolute Gasteiger partial charge is 0.317 e. The maximum atomic E-state index is 12.7. The van der Waals surface area contributed by atoms with E-state index in [1.54, 1.807) is 0 Å². The highest BCUT2D eigenvalue weighted by Crippen LogP contribution is 2.32. The number of likely N-dealkylation sites (tertiary alicyclic amines) is 1. The van der Waals surface area contributed by atoms with E-state index in [4.69, 9.17) is 14.0 Å². The summed E-state index contributed by atoms with van der Waals surface area (Å²) in [5.41, 5.74) is 3.07. The Hall–Kier alpha value is -3.55. The minimum atomic E-state index is -0.0569. The lowest BCUT2D eigenvalue weighted by molar-refractivity contribution is 0.161. The SMILES string of the molecule is Cc1ccccc1-c1noc(CC2CCCN(C(=O)NCc3ccc4c(c3)OCO4)C2)n1. The lowest BCUT2D eigenvalue weighted by Crippen LogP contribution is -2.45. The second kappa shape index (κ2) is 8.90. The molecule has 1 atom stereocenters. The Morgan fingerprint density at radius 3 is 2.97 bits per heavy atom. The molecule has 1 saturated heterocycles. The van der Waals surface area contributed by atoms with Crippen LogP contribution in [0.25, 0.3) is 11.4 Å². The van der Waals surface area contributed by atoms with Crippen molar-refractivity contribution in [3.05, 3.63) is 59.5 Å². The van der Waals surface area contributed by atoms with E-state index in [1.165, 1.54) is 0 Å². The number of carbonyl (C=O) groups excluding carboxylic acids is 1. The van der Waals surface area contributed by atoms with Gasteiger partial charge < -0.3 is 24.2 Å². The maximum Gasteiger partial charge on any atom is 0.317 e. The summed E-state index contributed by atoms with van der Waals surface area (Å²) in [6.45, 7) is 4.15. The Morgan fingerprint density at radius 2 is 2.06 bits per heavy atom. The number of hydrogen-bond acceptors (Lipinski definition) is 6. The van der Waals surface area contributed by atoms with Crippen LogP contribution in [0.15, 0.2) is 47.0 Å². The fourth-order valence-corrected chi connectivity index (χ4v) is 4.27. The molecule has 3 heterocycles. The summed E-state index contributed by atoms with van der Waals surface area (Å²) in [5, 5.41) is 7.17. The molecule has 5 rings (SSSR count). The molecule has 3 aromatic rings. The summed E-state index contributed by atoms with van der Waals surface area (Å²) in [6.07, 6.45) is 2.67. The van der Waals surface area contributed by atoms with Gasteiger partial charge >= 0.3 is 6.03 Å². The van der Waals surface area contributed by atoms with Crippen LogP contribution in [0.4, 0.5) is 4.79 Å². The number of nitrogens with zero attached hydrogens (tertiary/aromatic N) is 3. The third kappa shape index (κ3) is 4.39. The van der Waals surface area contributed by atoms with Crippen LogP contribution in [0.2, 0.25) is 0 Å². The molecule has 1 aromatic heterocycles. The molecule has 8 nitrogen and oxygen atoms in total. The number of fused-ring (bicyclic) bond motifs is 1. The van der Waals surface area contributed by atoms with Gasteiger partial charge in [0, 0.05) is 31.6 Å². The lowest BCUT2D eigenvalue weighted by atomic mass is 9.95. The Kier molecular flexibility index (Phi) is 5.66. The molecule has 0 bridgehead atoms. The van der Waals surface area contributed by atoms with Gasteiger partial charge in [0.05, 0.1) is 0 Å². The molecule has 0 spiro atoms. The van der Waals surface area contributed by atoms with Gasteiger partial charge in [0.15, 0.2) is 11.5 Å². The third-order valence-corrected chi connectivity index (χ3v) is 6.00. The Bertz CT molecular complexity index is 1110. The molecular weight excluding hydrogens is 408 g/mol. The minimum absolute atomic E-state index is 0.0569. The number of amides is 2. The molecule has 1 unspecified atom stereocenters. The quantitative estimate of drug-likeness (QED) is 0.654. The van der Waals surface area contributed by atoms with E-state index in [1.807, 2.05) is 54.3 Å². The molecule has 2 amide bonds. The Morgan fingerprint density at radius 1 is 1.19 bits per heavy atom. The summed E-state index contributed by atoms with van der Waals surface area (Å²) >= 11 is 0. The fourth-order valence-electron chi connectivity index (χ4n) is 4.27. The van der Waals surface area contributed by atoms with E-state index in [-0.39, 0.29) is 12.8 Å². The normalized spacial score (nSPS) is 17.4. The number of piperidine rings is 1. The topological polar surface area (TPSA) is 89.7 Å². The zero-order valence-electron chi connectivity index (χ0n) is 18.0. The second-order valence-corrected chi connectivity index (χ2v) is 8.33. The van der Waals surface area contributed by atoms with Crippen LogP contribution >= 0.6 is 0 Å². The van der Waals surface area contributed by atoms with Crippen LogP contribution in [0, 0.1) is 12.8 Å². The van der Waals surface area contributed by atoms with Crippen LogP contribution in [-0.4, -0.2) is 41.0 Å². The number of urea groups is 1. The van der Waals surface area contributed by atoms with Gasteiger partial charge in [-0.15, -0.1) is 0 Å². The van der Waals surface area contributed by atoms with Gasteiger partial charge in [-0.05, 0) is 48.9 Å². The molecule has 8 heteroatoms. The van der Waals surface area contributed by atoms with Crippen LogP contribution in [0.1, 0.15) is 29.9 Å². The standard InChI is InChI=1S/C24H26N4O4/c1-16-5-2-3-7-19(16)23-26-22(32-27-23)12-18-6-4-10-28(14-18)24(29)25-13-17-8-9-20-21(11-17)31-15-30-20/h2-3,5,7-9,11,18H,4,6,10,12-15H2,1H3,(H,25,29). The van der Waals surface area contributed by atoms with Crippen molar-refractivity contribution in [2.24, 2.45) is 5.92 Å². The molecule has 32 heavy (non-hydrogen) atoms. The monoisotopic (exact) mass is 434 g/mol. The van der Waals surface area contributed by atoms with Gasteiger partial charge in [-0.2, -0.15) is 4.98 Å². The molecular formula is C24H26N4O4. The van der Waals surface area contributed by atoms with Gasteiger partial charge in [0.1, 0.15) is 0 Å². The van der Waals surface area contributed by atoms with Crippen molar-refractivity contribution >= 4 is 6.03 Å². The first-order valence-corrected chi connectivity index (χ1v) is 11.0.